The van der Waals surface area contributed by atoms with Gasteiger partial charge in [0, 0.05) is 4.75 Å². The van der Waals surface area contributed by atoms with E-state index < -0.39 is 0 Å². The van der Waals surface area contributed by atoms with Crippen LogP contribution < -0.4 is 0 Å². The summed E-state index contributed by atoms with van der Waals surface area (Å²) in [6, 6.07) is 0. The third-order valence-corrected chi connectivity index (χ3v) is 6.41. The molecule has 0 N–H and O–H groups in total. The van der Waals surface area contributed by atoms with Gasteiger partial charge in [0.25, 0.3) is 0 Å². The van der Waals surface area contributed by atoms with Gasteiger partial charge in [-0.3, -0.25) is 0 Å². The highest BCUT2D eigenvalue weighted by atomic mass is 35.5. The first kappa shape index (κ1) is 11.0. The zero-order valence-corrected chi connectivity index (χ0v) is 11.0. The van der Waals surface area contributed by atoms with E-state index >= 15 is 0 Å². The van der Waals surface area contributed by atoms with Crippen molar-refractivity contribution in [3.05, 3.63) is 8.85 Å². The number of rotatable bonds is 1. The summed E-state index contributed by atoms with van der Waals surface area (Å²) >= 11 is 12.8. The highest BCUT2D eigenvalue weighted by molar-refractivity contribution is 8.04. The summed E-state index contributed by atoms with van der Waals surface area (Å²) in [7, 11) is 3.25. The zero-order valence-electron chi connectivity index (χ0n) is 7.01. The Hall–Kier alpha value is 0.910. The fourth-order valence-electron chi connectivity index (χ4n) is 0.572. The number of hydrogen-bond acceptors (Lipinski definition) is 4. The van der Waals surface area contributed by atoms with Crippen LogP contribution in [-0.4, -0.2) is 4.75 Å². The first-order chi connectivity index (χ1) is 5.40. The second-order valence-corrected chi connectivity index (χ2v) is 8.56. The molecule has 0 amide bonds. The Morgan fingerprint density at radius 3 is 2.25 bits per heavy atom. The minimum atomic E-state index is 0.211. The molecule has 0 aliphatic carbocycles. The molecule has 0 aliphatic heterocycles. The summed E-state index contributed by atoms with van der Waals surface area (Å²) in [5.41, 5.74) is 0. The largest absolute Gasteiger partial charge is 0.121 e. The fourth-order valence-corrected chi connectivity index (χ4v) is 5.56. The van der Waals surface area contributed by atoms with E-state index in [-0.39, 0.29) is 4.75 Å². The van der Waals surface area contributed by atoms with E-state index in [0.717, 1.165) is 13.1 Å². The maximum absolute atomic E-state index is 6.01. The smallest absolute Gasteiger partial charge is 0.107 e. The molecule has 5 heteroatoms. The maximum Gasteiger partial charge on any atom is 0.121 e. The average molecular weight is 257 g/mol. The third-order valence-electron chi connectivity index (χ3n) is 0.950. The normalized spacial score (nSPS) is 12.0. The van der Waals surface area contributed by atoms with Crippen LogP contribution in [0.5, 0.6) is 0 Å². The van der Waals surface area contributed by atoms with Gasteiger partial charge in [0.05, 0.1) is 9.23 Å². The van der Waals surface area contributed by atoms with Crippen molar-refractivity contribution >= 4 is 56.3 Å². The Labute approximate surface area is 94.3 Å². The Balaban J connectivity index is 2.91. The first-order valence-corrected chi connectivity index (χ1v) is 7.13. The van der Waals surface area contributed by atoms with Gasteiger partial charge in [0.2, 0.25) is 0 Å². The molecular weight excluding hydrogens is 248 g/mol. The van der Waals surface area contributed by atoms with Crippen molar-refractivity contribution in [2.45, 2.75) is 29.7 Å². The lowest BCUT2D eigenvalue weighted by Crippen LogP contribution is -2.05. The van der Waals surface area contributed by atoms with Crippen LogP contribution in [0, 0.1) is 3.82 Å². The Bertz CT molecular complexity index is 317. The summed E-state index contributed by atoms with van der Waals surface area (Å²) in [5.74, 6) is 0. The summed E-state index contributed by atoms with van der Waals surface area (Å²) in [6.07, 6.45) is 0. The molecule has 68 valence electrons. The van der Waals surface area contributed by atoms with Gasteiger partial charge in [-0.2, -0.15) is 0 Å². The second-order valence-electron chi connectivity index (χ2n) is 3.27. The molecule has 0 saturated carbocycles. The summed E-state index contributed by atoms with van der Waals surface area (Å²) in [6.45, 7) is 6.50. The second kappa shape index (κ2) is 3.96. The summed E-state index contributed by atoms with van der Waals surface area (Å²) in [5, 5.41) is 0.764. The van der Waals surface area contributed by atoms with Crippen molar-refractivity contribution in [2.75, 3.05) is 0 Å². The molecule has 1 aromatic rings. The average Bonchev–Trinajstić information content (AvgIpc) is 2.16. The predicted octanol–water partition coefficient (Wildman–Crippen LogP) is 5.08. The van der Waals surface area contributed by atoms with E-state index in [1.165, 1.54) is 0 Å². The lowest BCUT2D eigenvalue weighted by molar-refractivity contribution is 0.804. The van der Waals surface area contributed by atoms with Crippen LogP contribution in [0.4, 0.5) is 0 Å². The Kier molecular flexibility index (Phi) is 3.63. The van der Waals surface area contributed by atoms with Crippen LogP contribution in [-0.2, 0) is 0 Å². The van der Waals surface area contributed by atoms with E-state index in [9.17, 15) is 0 Å². The third kappa shape index (κ3) is 3.00. The minimum absolute atomic E-state index is 0.211. The van der Waals surface area contributed by atoms with E-state index in [0.29, 0.717) is 0 Å². The molecule has 0 aromatic carbocycles. The van der Waals surface area contributed by atoms with Gasteiger partial charge in [0.1, 0.15) is 3.82 Å². The number of hydrogen-bond donors (Lipinski definition) is 0. The van der Waals surface area contributed by atoms with Crippen molar-refractivity contribution < 1.29 is 0 Å². The predicted molar refractivity (Wildman–Crippen MR) is 63.7 cm³/mol. The van der Waals surface area contributed by atoms with Crippen LogP contribution in [0.3, 0.4) is 0 Å². The van der Waals surface area contributed by atoms with Crippen LogP contribution in [0.2, 0.25) is 5.02 Å². The molecular formula is C7H9ClS4. The summed E-state index contributed by atoms with van der Waals surface area (Å²) < 4.78 is 2.18. The van der Waals surface area contributed by atoms with Crippen molar-refractivity contribution in [2.24, 2.45) is 0 Å². The zero-order chi connectivity index (χ0) is 9.35. The van der Waals surface area contributed by atoms with Crippen LogP contribution >= 0.6 is 56.3 Å². The standard InChI is InChI=1S/C7H9ClS4/c1-7(2,3)10-6-4(8)5(9)11-12-6/h1-3H3. The molecule has 0 radical (unpaired) electrons. The summed E-state index contributed by atoms with van der Waals surface area (Å²) in [4.78, 5) is 0. The van der Waals surface area contributed by atoms with E-state index in [1.54, 1.807) is 32.4 Å². The van der Waals surface area contributed by atoms with Gasteiger partial charge in [-0.1, -0.05) is 65.3 Å². The van der Waals surface area contributed by atoms with Gasteiger partial charge in [-0.15, -0.1) is 11.8 Å². The molecule has 1 heterocycles. The van der Waals surface area contributed by atoms with E-state index in [2.05, 4.69) is 20.8 Å². The van der Waals surface area contributed by atoms with Crippen LogP contribution in [0.1, 0.15) is 20.8 Å². The van der Waals surface area contributed by atoms with Crippen molar-refractivity contribution in [3.63, 3.8) is 0 Å². The van der Waals surface area contributed by atoms with Gasteiger partial charge >= 0.3 is 0 Å². The van der Waals surface area contributed by atoms with Gasteiger partial charge < -0.3 is 0 Å². The Morgan fingerprint density at radius 1 is 1.33 bits per heavy atom. The quantitative estimate of drug-likeness (QED) is 0.390. The van der Waals surface area contributed by atoms with Crippen LogP contribution in [0.15, 0.2) is 4.21 Å². The molecule has 1 rings (SSSR count). The van der Waals surface area contributed by atoms with Gasteiger partial charge in [-0.05, 0) is 0 Å². The van der Waals surface area contributed by atoms with Gasteiger partial charge in [0.15, 0.2) is 0 Å². The number of thioether (sulfide) groups is 1. The molecule has 0 bridgehead atoms. The lowest BCUT2D eigenvalue weighted by Gasteiger charge is -2.15. The van der Waals surface area contributed by atoms with Crippen molar-refractivity contribution in [1.29, 1.82) is 0 Å². The highest BCUT2D eigenvalue weighted by Gasteiger charge is 2.16. The van der Waals surface area contributed by atoms with Crippen molar-refractivity contribution in [1.82, 2.24) is 0 Å². The fraction of sp³-hybridized carbons (Fsp3) is 0.571. The molecule has 0 fully saturated rings. The molecule has 0 atom stereocenters. The van der Waals surface area contributed by atoms with E-state index in [1.807, 2.05) is 0 Å². The highest BCUT2D eigenvalue weighted by Crippen LogP contribution is 2.42. The maximum atomic E-state index is 6.01. The van der Waals surface area contributed by atoms with Crippen LogP contribution in [0.25, 0.3) is 0 Å². The van der Waals surface area contributed by atoms with E-state index in [4.69, 9.17) is 23.8 Å². The lowest BCUT2D eigenvalue weighted by atomic mass is 10.3. The monoisotopic (exact) mass is 256 g/mol. The molecule has 0 unspecified atom stereocenters. The molecule has 0 aliphatic rings. The Morgan fingerprint density at radius 2 is 1.92 bits per heavy atom. The molecule has 0 saturated heterocycles. The molecule has 1 aromatic heterocycles. The number of halogens is 1. The van der Waals surface area contributed by atoms with Gasteiger partial charge in [-0.25, -0.2) is 0 Å². The first-order valence-electron chi connectivity index (χ1n) is 3.38. The SMILES string of the molecule is CC(C)(C)Sc1ssc(=S)c1Cl. The topological polar surface area (TPSA) is 0 Å². The molecule has 12 heavy (non-hydrogen) atoms. The molecule has 0 nitrogen and oxygen atoms in total. The molecule has 0 spiro atoms. The minimum Gasteiger partial charge on any atom is -0.107 e. The van der Waals surface area contributed by atoms with Crippen molar-refractivity contribution in [3.8, 4) is 0 Å².